The number of nitrogens with one attached hydrogen (secondary N) is 1. The lowest BCUT2D eigenvalue weighted by molar-refractivity contribution is -0.116. The quantitative estimate of drug-likeness (QED) is 0.749. The van der Waals surface area contributed by atoms with Crippen LogP contribution in [0.3, 0.4) is 0 Å². The number of carbonyl (C=O) groups is 1. The molecule has 0 spiro atoms. The van der Waals surface area contributed by atoms with Gasteiger partial charge in [-0.3, -0.25) is 9.48 Å². The Kier molecular flexibility index (Phi) is 4.88. The van der Waals surface area contributed by atoms with Crippen LogP contribution in [0.1, 0.15) is 37.2 Å². The first kappa shape index (κ1) is 17.2. The van der Waals surface area contributed by atoms with Gasteiger partial charge in [0.15, 0.2) is 0 Å². The lowest BCUT2D eigenvalue weighted by atomic mass is 10.1. The maximum Gasteiger partial charge on any atom is 0.224 e. The van der Waals surface area contributed by atoms with Crippen LogP contribution in [0, 0.1) is 19.8 Å². The molecule has 0 unspecified atom stereocenters. The number of fused-ring (bicyclic) bond motifs is 1. The van der Waals surface area contributed by atoms with Gasteiger partial charge in [-0.05, 0) is 43.9 Å². The second kappa shape index (κ2) is 7.09. The number of nitrogens with zero attached hydrogens (tertiary/aromatic N) is 4. The van der Waals surface area contributed by atoms with Gasteiger partial charge >= 0.3 is 0 Å². The van der Waals surface area contributed by atoms with E-state index < -0.39 is 0 Å². The zero-order valence-electron chi connectivity index (χ0n) is 15.3. The highest BCUT2D eigenvalue weighted by molar-refractivity contribution is 5.90. The molecule has 25 heavy (non-hydrogen) atoms. The Hall–Kier alpha value is -2.63. The first-order chi connectivity index (χ1) is 11.9. The molecule has 3 rings (SSSR count). The number of pyridine rings is 1. The van der Waals surface area contributed by atoms with E-state index in [-0.39, 0.29) is 5.91 Å². The minimum Gasteiger partial charge on any atom is -0.325 e. The average Bonchev–Trinajstić information content (AvgIpc) is 3.10. The van der Waals surface area contributed by atoms with Gasteiger partial charge in [-0.1, -0.05) is 13.8 Å². The van der Waals surface area contributed by atoms with Crippen LogP contribution in [0.25, 0.3) is 5.65 Å². The monoisotopic (exact) mass is 339 g/mol. The molecule has 0 bridgehead atoms. The zero-order valence-corrected chi connectivity index (χ0v) is 15.3. The number of hydrogen-bond acceptors (Lipinski definition) is 3. The SMILES string of the molecule is Cc1nn(CC(C)C)c(C)c1CCC(=O)Nc1ccc2nccn2c1. The summed E-state index contributed by atoms with van der Waals surface area (Å²) in [7, 11) is 0. The van der Waals surface area contributed by atoms with Gasteiger partial charge in [0.25, 0.3) is 0 Å². The summed E-state index contributed by atoms with van der Waals surface area (Å²) in [5.74, 6) is 0.558. The maximum absolute atomic E-state index is 12.3. The summed E-state index contributed by atoms with van der Waals surface area (Å²) in [6, 6.07) is 3.76. The van der Waals surface area contributed by atoms with E-state index >= 15 is 0 Å². The smallest absolute Gasteiger partial charge is 0.224 e. The highest BCUT2D eigenvalue weighted by Gasteiger charge is 2.14. The first-order valence-corrected chi connectivity index (χ1v) is 8.69. The summed E-state index contributed by atoms with van der Waals surface area (Å²) < 4.78 is 3.94. The number of aryl methyl sites for hydroxylation is 1. The van der Waals surface area contributed by atoms with Crippen molar-refractivity contribution < 1.29 is 4.79 Å². The number of amides is 1. The highest BCUT2D eigenvalue weighted by Crippen LogP contribution is 2.17. The topological polar surface area (TPSA) is 64.2 Å². The van der Waals surface area contributed by atoms with Crippen LogP contribution >= 0.6 is 0 Å². The van der Waals surface area contributed by atoms with Gasteiger partial charge in [0.05, 0.1) is 11.4 Å². The van der Waals surface area contributed by atoms with Crippen LogP contribution in [-0.4, -0.2) is 25.1 Å². The van der Waals surface area contributed by atoms with Crippen LogP contribution in [0.2, 0.25) is 0 Å². The fourth-order valence-corrected chi connectivity index (χ4v) is 3.08. The minimum atomic E-state index is 0.00914. The number of carbonyl (C=O) groups excluding carboxylic acids is 1. The van der Waals surface area contributed by atoms with Crippen molar-refractivity contribution >= 4 is 17.2 Å². The Morgan fingerprint density at radius 1 is 1.28 bits per heavy atom. The zero-order chi connectivity index (χ0) is 18.0. The van der Waals surface area contributed by atoms with E-state index in [2.05, 4.69) is 40.9 Å². The van der Waals surface area contributed by atoms with E-state index in [9.17, 15) is 4.79 Å². The van der Waals surface area contributed by atoms with E-state index in [1.54, 1.807) is 6.20 Å². The van der Waals surface area contributed by atoms with Gasteiger partial charge in [-0.15, -0.1) is 0 Å². The van der Waals surface area contributed by atoms with E-state index in [0.29, 0.717) is 18.8 Å². The van der Waals surface area contributed by atoms with Crippen molar-refractivity contribution in [3.8, 4) is 0 Å². The number of rotatable bonds is 6. The molecule has 6 nitrogen and oxygen atoms in total. The van der Waals surface area contributed by atoms with Gasteiger partial charge in [-0.2, -0.15) is 5.10 Å². The maximum atomic E-state index is 12.3. The molecule has 0 saturated carbocycles. The first-order valence-electron chi connectivity index (χ1n) is 8.69. The van der Waals surface area contributed by atoms with Crippen LogP contribution in [-0.2, 0) is 17.8 Å². The summed E-state index contributed by atoms with van der Waals surface area (Å²) in [6.07, 6.45) is 6.62. The van der Waals surface area contributed by atoms with Crippen LogP contribution in [0.15, 0.2) is 30.7 Å². The molecule has 132 valence electrons. The molecule has 0 aliphatic carbocycles. The van der Waals surface area contributed by atoms with Crippen molar-refractivity contribution in [1.29, 1.82) is 0 Å². The predicted octanol–water partition coefficient (Wildman–Crippen LogP) is 3.37. The standard InChI is InChI=1S/C19H25N5O/c1-13(2)11-24-15(4)17(14(3)22-24)6-8-19(25)21-16-5-7-18-20-9-10-23(18)12-16/h5,7,9-10,12-13H,6,8,11H2,1-4H3,(H,21,25). The molecule has 0 fully saturated rings. The van der Waals surface area contributed by atoms with Crippen molar-refractivity contribution in [3.05, 3.63) is 47.7 Å². The van der Waals surface area contributed by atoms with Crippen molar-refractivity contribution in [2.24, 2.45) is 5.92 Å². The second-order valence-electron chi connectivity index (χ2n) is 6.88. The van der Waals surface area contributed by atoms with E-state index in [4.69, 9.17) is 0 Å². The predicted molar refractivity (Wildman–Crippen MR) is 98.7 cm³/mol. The molecule has 3 heterocycles. The number of anilines is 1. The Morgan fingerprint density at radius 2 is 2.08 bits per heavy atom. The highest BCUT2D eigenvalue weighted by atomic mass is 16.1. The molecule has 0 aromatic carbocycles. The summed E-state index contributed by atoms with van der Waals surface area (Å²) in [4.78, 5) is 16.5. The van der Waals surface area contributed by atoms with Gasteiger partial charge < -0.3 is 9.72 Å². The molecule has 6 heteroatoms. The largest absolute Gasteiger partial charge is 0.325 e. The van der Waals surface area contributed by atoms with E-state index in [1.807, 2.05) is 35.9 Å². The fraction of sp³-hybridized carbons (Fsp3) is 0.421. The molecule has 0 aliphatic heterocycles. The molecule has 3 aromatic heterocycles. The van der Waals surface area contributed by atoms with Crippen LogP contribution in [0.4, 0.5) is 5.69 Å². The Morgan fingerprint density at radius 3 is 2.84 bits per heavy atom. The fourth-order valence-electron chi connectivity index (χ4n) is 3.08. The third-order valence-electron chi connectivity index (χ3n) is 4.34. The summed E-state index contributed by atoms with van der Waals surface area (Å²) >= 11 is 0. The normalized spacial score (nSPS) is 11.4. The van der Waals surface area contributed by atoms with Crippen LogP contribution < -0.4 is 5.32 Å². The molecule has 0 atom stereocenters. The van der Waals surface area contributed by atoms with Crippen molar-refractivity contribution in [2.45, 2.75) is 47.1 Å². The Bertz CT molecular complexity index is 890. The molecular formula is C19H25N5O. The summed E-state index contributed by atoms with van der Waals surface area (Å²) in [5, 5.41) is 7.57. The van der Waals surface area contributed by atoms with Gasteiger partial charge in [-0.25, -0.2) is 4.98 Å². The van der Waals surface area contributed by atoms with Crippen molar-refractivity contribution in [3.63, 3.8) is 0 Å². The number of hydrogen-bond donors (Lipinski definition) is 1. The van der Waals surface area contributed by atoms with Crippen LogP contribution in [0.5, 0.6) is 0 Å². The molecule has 1 amide bonds. The molecule has 0 radical (unpaired) electrons. The Balaban J connectivity index is 1.63. The summed E-state index contributed by atoms with van der Waals surface area (Å²) in [5.41, 5.74) is 5.01. The third kappa shape index (κ3) is 3.90. The lowest BCUT2D eigenvalue weighted by Crippen LogP contribution is -2.13. The third-order valence-corrected chi connectivity index (χ3v) is 4.34. The average molecular weight is 339 g/mol. The van der Waals surface area contributed by atoms with Crippen molar-refractivity contribution in [2.75, 3.05) is 5.32 Å². The lowest BCUT2D eigenvalue weighted by Gasteiger charge is -2.08. The molecule has 3 aromatic rings. The van der Waals surface area contributed by atoms with Gasteiger partial charge in [0.2, 0.25) is 5.91 Å². The minimum absolute atomic E-state index is 0.00914. The molecule has 0 saturated heterocycles. The van der Waals surface area contributed by atoms with E-state index in [0.717, 1.165) is 23.6 Å². The van der Waals surface area contributed by atoms with Gasteiger partial charge in [0.1, 0.15) is 5.65 Å². The van der Waals surface area contributed by atoms with Crippen molar-refractivity contribution in [1.82, 2.24) is 19.2 Å². The Labute approximate surface area is 147 Å². The summed E-state index contributed by atoms with van der Waals surface area (Å²) in [6.45, 7) is 9.37. The second-order valence-corrected chi connectivity index (χ2v) is 6.88. The molecule has 1 N–H and O–H groups in total. The molecule has 0 aliphatic rings. The number of imidazole rings is 1. The number of aromatic nitrogens is 4. The van der Waals surface area contributed by atoms with Gasteiger partial charge in [0, 0.05) is 37.3 Å². The molecular weight excluding hydrogens is 314 g/mol. The van der Waals surface area contributed by atoms with E-state index in [1.165, 1.54) is 11.3 Å².